The van der Waals surface area contributed by atoms with Gasteiger partial charge >= 0.3 is 5.97 Å². The molecule has 1 aliphatic rings. The first-order valence-corrected chi connectivity index (χ1v) is 8.34. The molecule has 2 rings (SSSR count). The SMILES string of the molecule is O=C(O)[C@@H]1CCCCN1S(=O)(=O)c1ccc(Cl)c(F)c1Cl. The van der Waals surface area contributed by atoms with E-state index in [9.17, 15) is 17.6 Å². The smallest absolute Gasteiger partial charge is 0.322 e. The summed E-state index contributed by atoms with van der Waals surface area (Å²) in [5.41, 5.74) is 0. The average Bonchev–Trinajstić information content (AvgIpc) is 2.44. The van der Waals surface area contributed by atoms with Gasteiger partial charge in [0, 0.05) is 6.54 Å². The molecular formula is C12H12Cl2FNO4S. The number of sulfonamides is 1. The molecule has 0 radical (unpaired) electrons. The first-order valence-electron chi connectivity index (χ1n) is 6.15. The molecule has 1 aromatic carbocycles. The van der Waals surface area contributed by atoms with E-state index in [1.807, 2.05) is 0 Å². The Hall–Kier alpha value is -0.890. The molecule has 1 atom stereocenters. The van der Waals surface area contributed by atoms with Crippen molar-refractivity contribution in [1.82, 2.24) is 4.31 Å². The highest BCUT2D eigenvalue weighted by Crippen LogP contribution is 2.33. The lowest BCUT2D eigenvalue weighted by atomic mass is 10.1. The van der Waals surface area contributed by atoms with Gasteiger partial charge in [0.15, 0.2) is 5.82 Å². The van der Waals surface area contributed by atoms with Gasteiger partial charge in [-0.3, -0.25) is 4.79 Å². The highest BCUT2D eigenvalue weighted by molar-refractivity contribution is 7.89. The van der Waals surface area contributed by atoms with E-state index in [0.717, 1.165) is 16.4 Å². The van der Waals surface area contributed by atoms with E-state index in [1.54, 1.807) is 0 Å². The number of nitrogens with zero attached hydrogens (tertiary/aromatic N) is 1. The van der Waals surface area contributed by atoms with Crippen LogP contribution in [-0.2, 0) is 14.8 Å². The van der Waals surface area contributed by atoms with Crippen molar-refractivity contribution < 1.29 is 22.7 Å². The van der Waals surface area contributed by atoms with Crippen molar-refractivity contribution in [2.24, 2.45) is 0 Å². The predicted octanol–water partition coefficient (Wildman–Crippen LogP) is 2.76. The summed E-state index contributed by atoms with van der Waals surface area (Å²) >= 11 is 11.3. The summed E-state index contributed by atoms with van der Waals surface area (Å²) < 4.78 is 39.6. The predicted molar refractivity (Wildman–Crippen MR) is 75.6 cm³/mol. The summed E-state index contributed by atoms with van der Waals surface area (Å²) in [6.07, 6.45) is 1.37. The van der Waals surface area contributed by atoms with Gasteiger partial charge in [0.05, 0.1) is 10.0 Å². The minimum atomic E-state index is -4.20. The average molecular weight is 356 g/mol. The van der Waals surface area contributed by atoms with Crippen LogP contribution < -0.4 is 0 Å². The number of carboxylic acid groups (broad SMARTS) is 1. The number of aliphatic carboxylic acids is 1. The Balaban J connectivity index is 2.51. The molecule has 1 aliphatic heterocycles. The fourth-order valence-electron chi connectivity index (χ4n) is 2.27. The number of benzene rings is 1. The van der Waals surface area contributed by atoms with Crippen LogP contribution in [0.15, 0.2) is 17.0 Å². The van der Waals surface area contributed by atoms with Gasteiger partial charge in [-0.15, -0.1) is 0 Å². The summed E-state index contributed by atoms with van der Waals surface area (Å²) in [5.74, 6) is -2.27. The molecule has 1 heterocycles. The van der Waals surface area contributed by atoms with Crippen LogP contribution >= 0.6 is 23.2 Å². The van der Waals surface area contributed by atoms with E-state index in [0.29, 0.717) is 12.8 Å². The number of halogens is 3. The van der Waals surface area contributed by atoms with Crippen LogP contribution in [0.4, 0.5) is 4.39 Å². The van der Waals surface area contributed by atoms with E-state index in [-0.39, 0.29) is 18.0 Å². The topological polar surface area (TPSA) is 74.7 Å². The zero-order valence-electron chi connectivity index (χ0n) is 10.7. The number of carboxylic acids is 1. The first-order chi connectivity index (χ1) is 9.76. The molecule has 116 valence electrons. The molecule has 5 nitrogen and oxygen atoms in total. The standard InChI is InChI=1S/C12H12Cl2FNO4S/c13-7-4-5-9(10(14)11(7)15)21(19,20)16-6-2-1-3-8(16)12(17)18/h4-5,8H,1-3,6H2,(H,17,18)/t8-/m0/s1. The van der Waals surface area contributed by atoms with Gasteiger partial charge < -0.3 is 5.11 Å². The lowest BCUT2D eigenvalue weighted by Gasteiger charge is -2.32. The van der Waals surface area contributed by atoms with Crippen molar-refractivity contribution in [2.45, 2.75) is 30.2 Å². The number of carbonyl (C=O) groups is 1. The third-order valence-electron chi connectivity index (χ3n) is 3.33. The zero-order valence-corrected chi connectivity index (χ0v) is 13.1. The van der Waals surface area contributed by atoms with E-state index >= 15 is 0 Å². The Bertz CT molecular complexity index is 680. The molecule has 21 heavy (non-hydrogen) atoms. The first kappa shape index (κ1) is 16.5. The van der Waals surface area contributed by atoms with Crippen molar-refractivity contribution in [3.05, 3.63) is 28.0 Å². The fraction of sp³-hybridized carbons (Fsp3) is 0.417. The Kier molecular flexibility index (Phi) is 4.77. The lowest BCUT2D eigenvalue weighted by molar-refractivity contribution is -0.142. The summed E-state index contributed by atoms with van der Waals surface area (Å²) in [6.45, 7) is 0.0554. The van der Waals surface area contributed by atoms with Crippen LogP contribution in [0.1, 0.15) is 19.3 Å². The minimum Gasteiger partial charge on any atom is -0.480 e. The van der Waals surface area contributed by atoms with Crippen molar-refractivity contribution in [2.75, 3.05) is 6.54 Å². The lowest BCUT2D eigenvalue weighted by Crippen LogP contribution is -2.47. The molecule has 1 fully saturated rings. The molecule has 0 aliphatic carbocycles. The largest absolute Gasteiger partial charge is 0.480 e. The van der Waals surface area contributed by atoms with Crippen LogP contribution in [-0.4, -0.2) is 36.4 Å². The molecule has 1 saturated heterocycles. The van der Waals surface area contributed by atoms with Crippen LogP contribution in [0.25, 0.3) is 0 Å². The summed E-state index contributed by atoms with van der Waals surface area (Å²) in [6, 6.07) is 0.991. The number of rotatable bonds is 3. The molecular weight excluding hydrogens is 344 g/mol. The zero-order chi connectivity index (χ0) is 15.8. The van der Waals surface area contributed by atoms with Crippen molar-refractivity contribution in [3.8, 4) is 0 Å². The molecule has 0 saturated carbocycles. The normalized spacial score (nSPS) is 20.4. The van der Waals surface area contributed by atoms with Crippen LogP contribution in [0.2, 0.25) is 10.0 Å². The second kappa shape index (κ2) is 6.08. The minimum absolute atomic E-state index is 0.0554. The third-order valence-corrected chi connectivity index (χ3v) is 6.05. The Morgan fingerprint density at radius 1 is 1.33 bits per heavy atom. The second-order valence-corrected chi connectivity index (χ2v) is 7.28. The summed E-state index contributed by atoms with van der Waals surface area (Å²) in [7, 11) is -4.20. The molecule has 0 aromatic heterocycles. The quantitative estimate of drug-likeness (QED) is 0.846. The maximum Gasteiger partial charge on any atom is 0.322 e. The highest BCUT2D eigenvalue weighted by atomic mass is 35.5. The maximum absolute atomic E-state index is 13.7. The molecule has 0 bridgehead atoms. The number of hydrogen-bond donors (Lipinski definition) is 1. The molecule has 9 heteroatoms. The van der Waals surface area contributed by atoms with Crippen LogP contribution in [0.3, 0.4) is 0 Å². The monoisotopic (exact) mass is 355 g/mol. The van der Waals surface area contributed by atoms with Gasteiger partial charge in [0.25, 0.3) is 0 Å². The number of piperidine rings is 1. The summed E-state index contributed by atoms with van der Waals surface area (Å²) in [5, 5.41) is 8.23. The summed E-state index contributed by atoms with van der Waals surface area (Å²) in [4.78, 5) is 10.7. The third kappa shape index (κ3) is 3.01. The Morgan fingerprint density at radius 3 is 2.62 bits per heavy atom. The van der Waals surface area contributed by atoms with Crippen molar-refractivity contribution in [3.63, 3.8) is 0 Å². The van der Waals surface area contributed by atoms with Gasteiger partial charge in [-0.2, -0.15) is 4.31 Å². The molecule has 1 aromatic rings. The van der Waals surface area contributed by atoms with Gasteiger partial charge in [0.1, 0.15) is 10.9 Å². The molecule has 0 unspecified atom stereocenters. The highest BCUT2D eigenvalue weighted by Gasteiger charge is 2.39. The van der Waals surface area contributed by atoms with Gasteiger partial charge in [-0.05, 0) is 31.4 Å². The van der Waals surface area contributed by atoms with Gasteiger partial charge in [-0.1, -0.05) is 23.2 Å². The molecule has 1 N–H and O–H groups in total. The molecule has 0 spiro atoms. The van der Waals surface area contributed by atoms with Crippen LogP contribution in [0, 0.1) is 5.82 Å². The van der Waals surface area contributed by atoms with Crippen LogP contribution in [0.5, 0.6) is 0 Å². The van der Waals surface area contributed by atoms with Crippen molar-refractivity contribution in [1.29, 1.82) is 0 Å². The van der Waals surface area contributed by atoms with E-state index in [2.05, 4.69) is 0 Å². The van der Waals surface area contributed by atoms with E-state index in [4.69, 9.17) is 28.3 Å². The maximum atomic E-state index is 13.7. The van der Waals surface area contributed by atoms with E-state index < -0.39 is 37.8 Å². The number of hydrogen-bond acceptors (Lipinski definition) is 3. The second-order valence-electron chi connectivity index (χ2n) is 4.64. The van der Waals surface area contributed by atoms with Gasteiger partial charge in [-0.25, -0.2) is 12.8 Å². The van der Waals surface area contributed by atoms with Crippen molar-refractivity contribution >= 4 is 39.2 Å². The van der Waals surface area contributed by atoms with E-state index in [1.165, 1.54) is 0 Å². The van der Waals surface area contributed by atoms with Gasteiger partial charge in [0.2, 0.25) is 10.0 Å². The molecule has 0 amide bonds. The Labute approximate surface area is 131 Å². The Morgan fingerprint density at radius 2 is 2.00 bits per heavy atom. The fourth-order valence-corrected chi connectivity index (χ4v) is 4.65.